The van der Waals surface area contributed by atoms with Gasteiger partial charge < -0.3 is 9.47 Å². The molecule has 0 saturated carbocycles. The Morgan fingerprint density at radius 3 is 1.03 bits per heavy atom. The van der Waals surface area contributed by atoms with Crippen LogP contribution in [0.5, 0.6) is 11.5 Å². The highest BCUT2D eigenvalue weighted by atomic mass is 32.2. The molecule has 6 heteroatoms. The molecule has 0 N–H and O–H groups in total. The minimum atomic E-state index is 0.0601. The highest BCUT2D eigenvalue weighted by molar-refractivity contribution is 8.13. The van der Waals surface area contributed by atoms with Gasteiger partial charge in [-0.15, -0.1) is 0 Å². The average molecular weight is 879 g/mol. The number of ether oxygens (including phenoxy) is 2. The Hall–Kier alpha value is -3.58. The summed E-state index contributed by atoms with van der Waals surface area (Å²) < 4.78 is 13.5. The summed E-state index contributed by atoms with van der Waals surface area (Å²) in [6, 6.07) is 19.7. The smallest absolute Gasteiger partial charge is 0.190 e. The van der Waals surface area contributed by atoms with Gasteiger partial charge in [0.15, 0.2) is 10.2 Å². The van der Waals surface area contributed by atoms with E-state index in [0.717, 1.165) is 56.4 Å². The summed E-state index contributed by atoms with van der Waals surface area (Å²) >= 11 is 2.45. The van der Waals surface area contributed by atoms with Crippen molar-refractivity contribution >= 4 is 33.8 Å². The minimum Gasteiger partial charge on any atom is -0.492 e. The molecule has 0 amide bonds. The zero-order chi connectivity index (χ0) is 45.3. The number of carbonyl (C=O) groups is 2. The summed E-state index contributed by atoms with van der Waals surface area (Å²) in [6.45, 7) is 22.9. The number of thioether (sulfide) groups is 2. The highest BCUT2D eigenvalue weighted by Crippen LogP contribution is 2.32. The summed E-state index contributed by atoms with van der Waals surface area (Å²) in [4.78, 5) is 25.2. The van der Waals surface area contributed by atoms with Crippen molar-refractivity contribution in [3.63, 3.8) is 0 Å². The van der Waals surface area contributed by atoms with Gasteiger partial charge in [-0.1, -0.05) is 180 Å². The fourth-order valence-electron chi connectivity index (χ4n) is 7.61. The Morgan fingerprint density at radius 2 is 0.758 bits per heavy atom. The summed E-state index contributed by atoms with van der Waals surface area (Å²) in [5.41, 5.74) is 3.28. The van der Waals surface area contributed by atoms with Crippen molar-refractivity contribution in [3.05, 3.63) is 82.9 Å². The van der Waals surface area contributed by atoms with Gasteiger partial charge in [0.05, 0.1) is 24.3 Å². The topological polar surface area (TPSA) is 52.6 Å². The molecule has 0 unspecified atom stereocenters. The molecule has 3 aromatic carbocycles. The van der Waals surface area contributed by atoms with Crippen LogP contribution >= 0.6 is 23.5 Å². The first-order chi connectivity index (χ1) is 29.7. The second-order valence-corrected chi connectivity index (χ2v) is 21.4. The van der Waals surface area contributed by atoms with Crippen LogP contribution in [-0.4, -0.2) is 23.4 Å². The lowest BCUT2D eigenvalue weighted by Gasteiger charge is -2.20. The SMILES string of the molecule is CC(=O)Sc1ccc(C#Cc2cc(OCCC(CCCC(C)C)CCCC(C)C)c(C#Cc3ccc(SC(C)=O)cc3)cc2OCCC(CCCC(C)C)CCCC(C)C)cc1. The van der Waals surface area contributed by atoms with Crippen LogP contribution in [-0.2, 0) is 9.59 Å². The third-order valence-corrected chi connectivity index (χ3v) is 12.7. The lowest BCUT2D eigenvalue weighted by atomic mass is 9.90. The zero-order valence-electron chi connectivity index (χ0n) is 40.0. The molecule has 0 bridgehead atoms. The van der Waals surface area contributed by atoms with Crippen LogP contribution in [0.4, 0.5) is 0 Å². The molecule has 0 aliphatic carbocycles. The summed E-state index contributed by atoms with van der Waals surface area (Å²) in [6.07, 6.45) is 16.9. The van der Waals surface area contributed by atoms with E-state index >= 15 is 0 Å². The lowest BCUT2D eigenvalue weighted by molar-refractivity contribution is -0.109. The minimum absolute atomic E-state index is 0.0601. The van der Waals surface area contributed by atoms with Gasteiger partial charge in [-0.2, -0.15) is 0 Å². The van der Waals surface area contributed by atoms with E-state index in [2.05, 4.69) is 79.1 Å². The molecule has 0 fully saturated rings. The number of hydrogen-bond acceptors (Lipinski definition) is 6. The number of benzene rings is 3. The van der Waals surface area contributed by atoms with Gasteiger partial charge in [0.2, 0.25) is 0 Å². The van der Waals surface area contributed by atoms with Crippen LogP contribution in [0.1, 0.15) is 181 Å². The fourth-order valence-corrected chi connectivity index (χ4v) is 8.82. The molecule has 3 aromatic rings. The Kier molecular flexibility index (Phi) is 25.3. The summed E-state index contributed by atoms with van der Waals surface area (Å²) in [7, 11) is 0. The molecule has 0 heterocycles. The van der Waals surface area contributed by atoms with Gasteiger partial charge in [-0.25, -0.2) is 0 Å². The Bertz CT molecular complexity index is 1720. The van der Waals surface area contributed by atoms with E-state index < -0.39 is 0 Å². The second kappa shape index (κ2) is 29.7. The number of hydrogen-bond donors (Lipinski definition) is 0. The Labute approximate surface area is 386 Å². The molecule has 0 aliphatic rings. The van der Waals surface area contributed by atoms with Gasteiger partial charge in [-0.05, 0) is 96.9 Å². The number of carbonyl (C=O) groups excluding carboxylic acids is 2. The van der Waals surface area contributed by atoms with Gasteiger partial charge in [0.1, 0.15) is 11.5 Å². The largest absolute Gasteiger partial charge is 0.492 e. The first-order valence-electron chi connectivity index (χ1n) is 23.7. The second-order valence-electron chi connectivity index (χ2n) is 18.9. The molecule has 0 atom stereocenters. The van der Waals surface area contributed by atoms with Crippen LogP contribution in [0, 0.1) is 59.2 Å². The van der Waals surface area contributed by atoms with Crippen molar-refractivity contribution in [2.75, 3.05) is 13.2 Å². The normalized spacial score (nSPS) is 11.4. The van der Waals surface area contributed by atoms with E-state index in [1.54, 1.807) is 13.8 Å². The van der Waals surface area contributed by atoms with Gasteiger partial charge in [0.25, 0.3) is 0 Å². The number of rotatable bonds is 26. The molecule has 0 aromatic heterocycles. The maximum Gasteiger partial charge on any atom is 0.190 e. The molecule has 4 nitrogen and oxygen atoms in total. The standard InChI is InChI=1S/C56H78O4S2/c1-41(2)15-11-19-47(20-12-16-42(3)4)35-37-59-55-39-52(30-24-50-27-33-54(34-28-50)62-46(10)58)56(40-51(55)29-23-49-25-31-53(32-26-49)61-45(9)57)60-38-36-48(21-13-17-43(5)6)22-14-18-44(7)8/h25-28,31-34,39-44,47-48H,11-22,35-38H2,1-10H3. The van der Waals surface area contributed by atoms with E-state index in [1.807, 2.05) is 60.7 Å². The molecule has 0 saturated heterocycles. The van der Waals surface area contributed by atoms with E-state index in [0.29, 0.717) is 48.7 Å². The Morgan fingerprint density at radius 1 is 0.452 bits per heavy atom. The molecular weight excluding hydrogens is 801 g/mol. The van der Waals surface area contributed by atoms with Gasteiger partial charge in [0, 0.05) is 46.9 Å². The van der Waals surface area contributed by atoms with Crippen molar-refractivity contribution in [3.8, 4) is 35.2 Å². The van der Waals surface area contributed by atoms with E-state index in [9.17, 15) is 9.59 Å². The van der Waals surface area contributed by atoms with Crippen LogP contribution in [0.25, 0.3) is 0 Å². The van der Waals surface area contributed by atoms with Crippen molar-refractivity contribution in [1.82, 2.24) is 0 Å². The van der Waals surface area contributed by atoms with Crippen molar-refractivity contribution in [2.24, 2.45) is 35.5 Å². The predicted octanol–water partition coefficient (Wildman–Crippen LogP) is 15.8. The third-order valence-electron chi connectivity index (χ3n) is 11.1. The predicted molar refractivity (Wildman–Crippen MR) is 266 cm³/mol. The third kappa shape index (κ3) is 23.2. The first-order valence-corrected chi connectivity index (χ1v) is 25.3. The molecular formula is C56H78O4S2. The van der Waals surface area contributed by atoms with Crippen molar-refractivity contribution < 1.29 is 19.1 Å². The molecule has 0 radical (unpaired) electrons. The van der Waals surface area contributed by atoms with Crippen LogP contribution in [0.15, 0.2) is 70.5 Å². The van der Waals surface area contributed by atoms with Crippen molar-refractivity contribution in [1.29, 1.82) is 0 Å². The van der Waals surface area contributed by atoms with Gasteiger partial charge in [-0.3, -0.25) is 9.59 Å². The van der Waals surface area contributed by atoms with E-state index in [-0.39, 0.29) is 10.2 Å². The quantitative estimate of drug-likeness (QED) is 0.0591. The van der Waals surface area contributed by atoms with E-state index in [1.165, 1.54) is 101 Å². The average Bonchev–Trinajstić information content (AvgIpc) is 3.19. The first kappa shape index (κ1) is 52.8. The summed E-state index contributed by atoms with van der Waals surface area (Å²) in [5, 5.41) is 0.120. The van der Waals surface area contributed by atoms with Crippen LogP contribution in [0.3, 0.4) is 0 Å². The molecule has 3 rings (SSSR count). The lowest BCUT2D eigenvalue weighted by Crippen LogP contribution is -2.11. The molecule has 0 spiro atoms. The van der Waals surface area contributed by atoms with E-state index in [4.69, 9.17) is 9.47 Å². The Balaban J connectivity index is 2.03. The molecule has 338 valence electrons. The fraction of sp³-hybridized carbons (Fsp3) is 0.571. The highest BCUT2D eigenvalue weighted by Gasteiger charge is 2.16. The maximum atomic E-state index is 11.7. The van der Waals surface area contributed by atoms with Crippen LogP contribution < -0.4 is 9.47 Å². The maximum absolute atomic E-state index is 11.7. The molecule has 0 aliphatic heterocycles. The molecule has 62 heavy (non-hydrogen) atoms. The van der Waals surface area contributed by atoms with Crippen LogP contribution in [0.2, 0.25) is 0 Å². The monoisotopic (exact) mass is 879 g/mol. The summed E-state index contributed by atoms with van der Waals surface area (Å²) in [5.74, 6) is 19.2. The van der Waals surface area contributed by atoms with Crippen molar-refractivity contribution in [2.45, 2.75) is 169 Å². The van der Waals surface area contributed by atoms with Gasteiger partial charge >= 0.3 is 0 Å². The zero-order valence-corrected chi connectivity index (χ0v) is 41.6.